The molecule has 0 radical (unpaired) electrons. The SMILES string of the molecule is O=[N+]([O-])[O-].O=[N+]([O-])[O-].O=[N+]([O-])[O-].[Tb+3]. The summed E-state index contributed by atoms with van der Waals surface area (Å²) in [6, 6.07) is 0. The molecule has 0 heterocycles. The first-order chi connectivity index (χ1) is 5.20. The summed E-state index contributed by atoms with van der Waals surface area (Å²) in [4.78, 5) is 24.8. The van der Waals surface area contributed by atoms with E-state index in [9.17, 15) is 0 Å². The quantitative estimate of drug-likeness (QED) is 0.401. The van der Waals surface area contributed by atoms with Gasteiger partial charge in [0.15, 0.2) is 0 Å². The van der Waals surface area contributed by atoms with Crippen molar-refractivity contribution >= 4 is 0 Å². The summed E-state index contributed by atoms with van der Waals surface area (Å²) in [6.45, 7) is 0. The molecule has 0 N–H and O–H groups in total. The van der Waals surface area contributed by atoms with Crippen molar-refractivity contribution in [1.29, 1.82) is 0 Å². The molecule has 0 saturated carbocycles. The number of nitrogens with zero attached hydrogens (tertiary/aromatic N) is 3. The Labute approximate surface area is 99.5 Å². The minimum absolute atomic E-state index is 0. The van der Waals surface area contributed by atoms with Crippen LogP contribution in [0.2, 0.25) is 0 Å². The molecule has 0 atom stereocenters. The zero-order valence-electron chi connectivity index (χ0n) is 5.35. The first-order valence-electron chi connectivity index (χ1n) is 1.64. The summed E-state index contributed by atoms with van der Waals surface area (Å²) in [7, 11) is 0. The van der Waals surface area contributed by atoms with Gasteiger partial charge in [-0.3, -0.25) is 0 Å². The van der Waals surface area contributed by atoms with Gasteiger partial charge in [-0.05, 0) is 0 Å². The zero-order valence-corrected chi connectivity index (χ0v) is 7.49. The predicted octanol–water partition coefficient (Wildman–Crippen LogP) is -0.717. The third-order valence-electron chi connectivity index (χ3n) is 0. The summed E-state index contributed by atoms with van der Waals surface area (Å²) in [5.74, 6) is 0. The maximum Gasteiger partial charge on any atom is 3.00 e. The van der Waals surface area contributed by atoms with Gasteiger partial charge in [0.25, 0.3) is 0 Å². The van der Waals surface area contributed by atoms with Crippen LogP contribution in [0.25, 0.3) is 0 Å². The van der Waals surface area contributed by atoms with Gasteiger partial charge in [-0.2, -0.15) is 0 Å². The Morgan fingerprint density at radius 1 is 0.538 bits per heavy atom. The maximum absolute atomic E-state index is 8.25. The van der Waals surface area contributed by atoms with Crippen molar-refractivity contribution in [3.05, 3.63) is 46.0 Å². The second-order valence-electron chi connectivity index (χ2n) is 0.671. The molecule has 0 saturated heterocycles. The average molecular weight is 345 g/mol. The first kappa shape index (κ1) is 22.6. The van der Waals surface area contributed by atoms with E-state index in [-0.39, 0.29) is 38.6 Å². The van der Waals surface area contributed by atoms with Gasteiger partial charge in [-0.25, -0.2) is 0 Å². The van der Waals surface area contributed by atoms with E-state index in [2.05, 4.69) is 0 Å². The van der Waals surface area contributed by atoms with Crippen molar-refractivity contribution in [2.45, 2.75) is 0 Å². The van der Waals surface area contributed by atoms with E-state index >= 15 is 0 Å². The molecule has 0 aliphatic carbocycles. The van der Waals surface area contributed by atoms with Crippen LogP contribution in [0.3, 0.4) is 0 Å². The van der Waals surface area contributed by atoms with Crippen molar-refractivity contribution in [3.63, 3.8) is 0 Å². The van der Waals surface area contributed by atoms with Gasteiger partial charge in [0.1, 0.15) is 0 Å². The summed E-state index contributed by atoms with van der Waals surface area (Å²) >= 11 is 0. The van der Waals surface area contributed by atoms with Crippen LogP contribution in [0.4, 0.5) is 0 Å². The van der Waals surface area contributed by atoms with E-state index in [1.807, 2.05) is 0 Å². The third kappa shape index (κ3) is 692. The Morgan fingerprint density at radius 2 is 0.538 bits per heavy atom. The number of hydrogen-bond acceptors (Lipinski definition) is 9. The summed E-state index contributed by atoms with van der Waals surface area (Å²) in [5.41, 5.74) is 0. The van der Waals surface area contributed by atoms with E-state index in [0.29, 0.717) is 0 Å². The van der Waals surface area contributed by atoms with Crippen molar-refractivity contribution in [2.24, 2.45) is 0 Å². The standard InChI is InChI=1S/3NO3.Tb/c3*2-1(3)4;/q3*-1;+3. The van der Waals surface area contributed by atoms with Gasteiger partial charge < -0.3 is 46.0 Å². The summed E-state index contributed by atoms with van der Waals surface area (Å²) in [5, 5.41) is 44.2. The topological polar surface area (TPSA) is 199 Å². The van der Waals surface area contributed by atoms with Crippen molar-refractivity contribution in [3.8, 4) is 0 Å². The zero-order chi connectivity index (χ0) is 10.7. The van der Waals surface area contributed by atoms with Gasteiger partial charge in [0.2, 0.25) is 0 Å². The fourth-order valence-electron chi connectivity index (χ4n) is 0. The molecule has 0 aromatic carbocycles. The molecule has 78 valence electrons. The molecule has 0 aromatic heterocycles. The molecule has 0 spiro atoms. The summed E-state index contributed by atoms with van der Waals surface area (Å²) in [6.07, 6.45) is 0. The Kier molecular flexibility index (Phi) is 29.8. The molecule has 0 rings (SSSR count). The van der Waals surface area contributed by atoms with Gasteiger partial charge >= 0.3 is 38.6 Å². The second-order valence-corrected chi connectivity index (χ2v) is 0.671. The van der Waals surface area contributed by atoms with Crippen molar-refractivity contribution in [2.75, 3.05) is 0 Å². The van der Waals surface area contributed by atoms with Crippen LogP contribution in [0.15, 0.2) is 0 Å². The Balaban J connectivity index is -0.0000000450. The van der Waals surface area contributed by atoms with Gasteiger partial charge in [-0.15, -0.1) is 0 Å². The smallest absolute Gasteiger partial charge is 0.356 e. The van der Waals surface area contributed by atoms with Gasteiger partial charge in [-0.1, -0.05) is 0 Å². The first-order valence-corrected chi connectivity index (χ1v) is 1.64. The molecule has 0 aromatic rings. The van der Waals surface area contributed by atoms with Crippen LogP contribution in [0.5, 0.6) is 0 Å². The van der Waals surface area contributed by atoms with Crippen LogP contribution in [-0.4, -0.2) is 15.3 Å². The van der Waals surface area contributed by atoms with Crippen LogP contribution in [0.1, 0.15) is 0 Å². The van der Waals surface area contributed by atoms with E-state index < -0.39 is 15.3 Å². The second kappa shape index (κ2) is 17.1. The van der Waals surface area contributed by atoms with E-state index in [1.165, 1.54) is 0 Å². The molecular weight excluding hydrogens is 345 g/mol. The number of hydrogen-bond donors (Lipinski definition) is 0. The van der Waals surface area contributed by atoms with Crippen LogP contribution in [0, 0.1) is 84.6 Å². The van der Waals surface area contributed by atoms with Gasteiger partial charge in [0.05, 0.1) is 15.3 Å². The van der Waals surface area contributed by atoms with E-state index in [4.69, 9.17) is 46.0 Å². The van der Waals surface area contributed by atoms with E-state index in [0.717, 1.165) is 0 Å². The van der Waals surface area contributed by atoms with Crippen LogP contribution >= 0.6 is 0 Å². The normalized spacial score (nSPS) is 5.54. The Bertz CT molecular complexity index is 112. The molecule has 13 heavy (non-hydrogen) atoms. The molecule has 0 unspecified atom stereocenters. The van der Waals surface area contributed by atoms with Crippen molar-refractivity contribution in [1.82, 2.24) is 0 Å². The average Bonchev–Trinajstić information content (AvgIpc) is 1.54. The Morgan fingerprint density at radius 3 is 0.538 bits per heavy atom. The fraction of sp³-hybridized carbons (Fsp3) is 0. The molecule has 0 aliphatic heterocycles. The Hall–Kier alpha value is -1.11. The van der Waals surface area contributed by atoms with Crippen LogP contribution in [-0.2, 0) is 0 Å². The summed E-state index contributed by atoms with van der Waals surface area (Å²) < 4.78 is 0. The maximum atomic E-state index is 8.25. The van der Waals surface area contributed by atoms with Crippen LogP contribution < -0.4 is 0 Å². The number of rotatable bonds is 0. The largest absolute Gasteiger partial charge is 3.00 e. The molecule has 0 aliphatic rings. The molecule has 0 bridgehead atoms. The molecule has 0 fully saturated rings. The molecular formula is N3O9Tb. The van der Waals surface area contributed by atoms with E-state index in [1.54, 1.807) is 0 Å². The van der Waals surface area contributed by atoms with Crippen molar-refractivity contribution < 1.29 is 53.9 Å². The molecule has 12 nitrogen and oxygen atoms in total. The monoisotopic (exact) mass is 345 g/mol. The minimum atomic E-state index is -1.75. The minimum Gasteiger partial charge on any atom is -0.356 e. The molecule has 13 heteroatoms. The fourth-order valence-corrected chi connectivity index (χ4v) is 0. The third-order valence-corrected chi connectivity index (χ3v) is 0. The van der Waals surface area contributed by atoms with Gasteiger partial charge in [0, 0.05) is 0 Å². The molecule has 0 amide bonds. The predicted molar refractivity (Wildman–Crippen MR) is 31.1 cm³/mol.